The van der Waals surface area contributed by atoms with Crippen molar-refractivity contribution in [3.8, 4) is 0 Å². The van der Waals surface area contributed by atoms with Crippen LogP contribution in [0, 0.1) is 0 Å². The highest BCUT2D eigenvalue weighted by atomic mass is 32.1. The molecule has 1 saturated heterocycles. The standard InChI is InChI=1S/C19H27N3OS2/c1-3-21-8-10-22(11-9-21)19(17-7-5-13-25-17)15(2)20-18(23)14-16-6-4-12-24-16/h4-7,12-13,15,19H,3,8-11,14H2,1-2H3,(H,20,23). The van der Waals surface area contributed by atoms with Gasteiger partial charge in [-0.15, -0.1) is 22.7 Å². The lowest BCUT2D eigenvalue weighted by Gasteiger charge is -2.41. The predicted octanol–water partition coefficient (Wildman–Crippen LogP) is 3.24. The van der Waals surface area contributed by atoms with Crippen LogP contribution in [0.25, 0.3) is 0 Å². The van der Waals surface area contributed by atoms with Crippen molar-refractivity contribution in [3.63, 3.8) is 0 Å². The Labute approximate surface area is 158 Å². The first kappa shape index (κ1) is 18.6. The van der Waals surface area contributed by atoms with Gasteiger partial charge in [0, 0.05) is 42.0 Å². The molecule has 0 aromatic carbocycles. The Morgan fingerprint density at radius 2 is 1.88 bits per heavy atom. The number of amides is 1. The van der Waals surface area contributed by atoms with E-state index in [2.05, 4.69) is 46.5 Å². The molecule has 1 amide bonds. The van der Waals surface area contributed by atoms with Crippen molar-refractivity contribution in [2.45, 2.75) is 32.4 Å². The number of piperazine rings is 1. The number of nitrogens with zero attached hydrogens (tertiary/aromatic N) is 2. The summed E-state index contributed by atoms with van der Waals surface area (Å²) in [5.74, 6) is 0.115. The monoisotopic (exact) mass is 377 g/mol. The normalized spacial score (nSPS) is 18.8. The fourth-order valence-corrected chi connectivity index (χ4v) is 5.18. The summed E-state index contributed by atoms with van der Waals surface area (Å²) in [6.45, 7) is 9.80. The number of thiophene rings is 2. The maximum absolute atomic E-state index is 12.4. The molecule has 0 bridgehead atoms. The summed E-state index contributed by atoms with van der Waals surface area (Å²) in [7, 11) is 0. The second-order valence-electron chi connectivity index (χ2n) is 6.54. The van der Waals surface area contributed by atoms with Gasteiger partial charge in [-0.2, -0.15) is 0 Å². The molecule has 0 spiro atoms. The lowest BCUT2D eigenvalue weighted by Crippen LogP contribution is -2.52. The van der Waals surface area contributed by atoms with Crippen LogP contribution < -0.4 is 5.32 Å². The summed E-state index contributed by atoms with van der Waals surface area (Å²) in [5, 5.41) is 7.40. The minimum Gasteiger partial charge on any atom is -0.351 e. The molecule has 2 unspecified atom stereocenters. The van der Waals surface area contributed by atoms with Crippen molar-refractivity contribution in [2.75, 3.05) is 32.7 Å². The zero-order chi connectivity index (χ0) is 17.6. The molecule has 6 heteroatoms. The smallest absolute Gasteiger partial charge is 0.225 e. The molecule has 0 radical (unpaired) electrons. The van der Waals surface area contributed by atoms with Gasteiger partial charge in [-0.3, -0.25) is 9.69 Å². The molecule has 2 aromatic rings. The second-order valence-corrected chi connectivity index (χ2v) is 8.55. The first-order chi connectivity index (χ1) is 12.2. The van der Waals surface area contributed by atoms with Gasteiger partial charge in [0.15, 0.2) is 0 Å². The molecule has 3 rings (SSSR count). The van der Waals surface area contributed by atoms with E-state index in [1.165, 1.54) is 4.88 Å². The summed E-state index contributed by atoms with van der Waals surface area (Å²) >= 11 is 3.43. The van der Waals surface area contributed by atoms with E-state index in [0.29, 0.717) is 6.42 Å². The zero-order valence-corrected chi connectivity index (χ0v) is 16.6. The fourth-order valence-electron chi connectivity index (χ4n) is 3.52. The quantitative estimate of drug-likeness (QED) is 0.805. The molecule has 0 saturated carbocycles. The zero-order valence-electron chi connectivity index (χ0n) is 15.0. The van der Waals surface area contributed by atoms with Gasteiger partial charge in [-0.05, 0) is 36.4 Å². The summed E-state index contributed by atoms with van der Waals surface area (Å²) in [6.07, 6.45) is 0.475. The molecule has 1 N–H and O–H groups in total. The lowest BCUT2D eigenvalue weighted by atomic mass is 10.0. The van der Waals surface area contributed by atoms with E-state index < -0.39 is 0 Å². The molecule has 1 fully saturated rings. The molecule has 4 nitrogen and oxygen atoms in total. The van der Waals surface area contributed by atoms with Crippen LogP contribution in [0.15, 0.2) is 35.0 Å². The highest BCUT2D eigenvalue weighted by Gasteiger charge is 2.30. The van der Waals surface area contributed by atoms with E-state index in [0.717, 1.165) is 37.6 Å². The number of carbonyl (C=O) groups excluding carboxylic acids is 1. The van der Waals surface area contributed by atoms with E-state index >= 15 is 0 Å². The van der Waals surface area contributed by atoms with E-state index in [-0.39, 0.29) is 18.0 Å². The molecule has 3 heterocycles. The third-order valence-corrected chi connectivity index (χ3v) is 6.68. The van der Waals surface area contributed by atoms with Gasteiger partial charge < -0.3 is 10.2 Å². The van der Waals surface area contributed by atoms with Gasteiger partial charge in [-0.1, -0.05) is 19.1 Å². The highest BCUT2D eigenvalue weighted by Crippen LogP contribution is 2.29. The number of carbonyl (C=O) groups is 1. The predicted molar refractivity (Wildman–Crippen MR) is 106 cm³/mol. The number of likely N-dealkylation sites (N-methyl/N-ethyl adjacent to an activating group) is 1. The number of nitrogens with one attached hydrogen (secondary N) is 1. The fraction of sp³-hybridized carbons (Fsp3) is 0.526. The van der Waals surface area contributed by atoms with E-state index in [1.54, 1.807) is 22.7 Å². The van der Waals surface area contributed by atoms with E-state index in [1.807, 2.05) is 17.5 Å². The minimum atomic E-state index is 0.0966. The van der Waals surface area contributed by atoms with Gasteiger partial charge in [-0.25, -0.2) is 0 Å². The van der Waals surface area contributed by atoms with Crippen LogP contribution in [-0.2, 0) is 11.2 Å². The first-order valence-corrected chi connectivity index (χ1v) is 10.7. The van der Waals surface area contributed by atoms with Crippen molar-refractivity contribution < 1.29 is 4.79 Å². The number of rotatable bonds is 7. The molecule has 0 aliphatic carbocycles. The van der Waals surface area contributed by atoms with Crippen molar-refractivity contribution in [2.24, 2.45) is 0 Å². The maximum Gasteiger partial charge on any atom is 0.225 e. The summed E-state index contributed by atoms with van der Waals surface area (Å²) in [4.78, 5) is 19.9. The lowest BCUT2D eigenvalue weighted by molar-refractivity contribution is -0.121. The highest BCUT2D eigenvalue weighted by molar-refractivity contribution is 7.10. The Balaban J connectivity index is 1.65. The van der Waals surface area contributed by atoms with Crippen molar-refractivity contribution >= 4 is 28.6 Å². The number of hydrogen-bond donors (Lipinski definition) is 1. The molecule has 1 aliphatic heterocycles. The van der Waals surface area contributed by atoms with Crippen LogP contribution in [0.2, 0.25) is 0 Å². The second kappa shape index (κ2) is 8.94. The largest absolute Gasteiger partial charge is 0.351 e. The molecule has 2 atom stereocenters. The molecular formula is C19H27N3OS2. The van der Waals surface area contributed by atoms with Gasteiger partial charge in [0.25, 0.3) is 0 Å². The van der Waals surface area contributed by atoms with Gasteiger partial charge in [0.05, 0.1) is 12.5 Å². The van der Waals surface area contributed by atoms with Crippen LogP contribution in [0.4, 0.5) is 0 Å². The summed E-state index contributed by atoms with van der Waals surface area (Å²) in [6, 6.07) is 8.68. The van der Waals surface area contributed by atoms with E-state index in [4.69, 9.17) is 0 Å². The maximum atomic E-state index is 12.4. The molecule has 1 aliphatic rings. The van der Waals surface area contributed by atoms with Crippen molar-refractivity contribution in [1.29, 1.82) is 0 Å². The molecule has 25 heavy (non-hydrogen) atoms. The molecule has 2 aromatic heterocycles. The average Bonchev–Trinajstić information content (AvgIpc) is 3.30. The van der Waals surface area contributed by atoms with Crippen LogP contribution in [0.5, 0.6) is 0 Å². The Morgan fingerprint density at radius 1 is 1.16 bits per heavy atom. The SMILES string of the molecule is CCN1CCN(C(c2cccs2)C(C)NC(=O)Cc2cccs2)CC1. The van der Waals surface area contributed by atoms with Crippen molar-refractivity contribution in [1.82, 2.24) is 15.1 Å². The average molecular weight is 378 g/mol. The van der Waals surface area contributed by atoms with Crippen LogP contribution in [0.1, 0.15) is 29.6 Å². The van der Waals surface area contributed by atoms with Gasteiger partial charge in [0.2, 0.25) is 5.91 Å². The minimum absolute atomic E-state index is 0.0966. The number of hydrogen-bond acceptors (Lipinski definition) is 5. The molecule has 136 valence electrons. The van der Waals surface area contributed by atoms with Crippen LogP contribution in [-0.4, -0.2) is 54.5 Å². The van der Waals surface area contributed by atoms with Crippen LogP contribution in [0.3, 0.4) is 0 Å². The van der Waals surface area contributed by atoms with Crippen molar-refractivity contribution in [3.05, 3.63) is 44.8 Å². The third kappa shape index (κ3) is 4.91. The van der Waals surface area contributed by atoms with Crippen LogP contribution >= 0.6 is 22.7 Å². The Bertz CT molecular complexity index is 634. The van der Waals surface area contributed by atoms with E-state index in [9.17, 15) is 4.79 Å². The van der Waals surface area contributed by atoms with Gasteiger partial charge in [0.1, 0.15) is 0 Å². The molecular weight excluding hydrogens is 350 g/mol. The topological polar surface area (TPSA) is 35.6 Å². The third-order valence-electron chi connectivity index (χ3n) is 4.86. The van der Waals surface area contributed by atoms with Gasteiger partial charge >= 0.3 is 0 Å². The summed E-state index contributed by atoms with van der Waals surface area (Å²) < 4.78 is 0. The summed E-state index contributed by atoms with van der Waals surface area (Å²) in [5.41, 5.74) is 0. The first-order valence-electron chi connectivity index (χ1n) is 8.99. The Morgan fingerprint density at radius 3 is 2.48 bits per heavy atom. The Kier molecular flexibility index (Phi) is 6.64. The Hall–Kier alpha value is -1.21.